The Labute approximate surface area is 121 Å². The largest absolute Gasteiger partial charge is 0.346 e. The van der Waals surface area contributed by atoms with E-state index in [0.29, 0.717) is 6.42 Å². The molecule has 0 spiro atoms. The van der Waals surface area contributed by atoms with Crippen LogP contribution in [0.15, 0.2) is 18.2 Å². The molecule has 1 atom stereocenters. The summed E-state index contributed by atoms with van der Waals surface area (Å²) < 4.78 is 17.1. The van der Waals surface area contributed by atoms with E-state index in [1.54, 1.807) is 0 Å². The molecule has 1 aromatic rings. The molecule has 0 aliphatic carbocycles. The number of nitrogens with one attached hydrogen (secondary N) is 1. The zero-order chi connectivity index (χ0) is 15.0. The van der Waals surface area contributed by atoms with Crippen LogP contribution in [0.25, 0.3) is 0 Å². The van der Waals surface area contributed by atoms with Crippen molar-refractivity contribution in [2.75, 3.05) is 0 Å². The Kier molecular flexibility index (Phi) is 6.93. The summed E-state index contributed by atoms with van der Waals surface area (Å²) in [7, 11) is 0. The first-order chi connectivity index (χ1) is 9.58. The minimum absolute atomic E-state index is 0.104. The van der Waals surface area contributed by atoms with Crippen molar-refractivity contribution in [1.82, 2.24) is 10.3 Å². The van der Waals surface area contributed by atoms with Crippen molar-refractivity contribution in [2.24, 2.45) is 0 Å². The van der Waals surface area contributed by atoms with Gasteiger partial charge in [-0.2, -0.15) is 4.39 Å². The highest BCUT2D eigenvalue weighted by Gasteiger charge is 2.23. The quantitative estimate of drug-likeness (QED) is 0.621. The van der Waals surface area contributed by atoms with Crippen molar-refractivity contribution in [3.63, 3.8) is 0 Å². The molecule has 110 valence electrons. The van der Waals surface area contributed by atoms with E-state index in [0.717, 1.165) is 25.3 Å². The maximum atomic E-state index is 12.9. The number of pyridine rings is 1. The standard InChI is InChI=1S/C13H16ClFN2O3/c1-2-3-4-6-10(13(19)20-14)17-12(18)9-7-5-8-11(15)16-9/h5,7-8,10H,2-4,6H2,1H3,(H,17,18)/t10-/m0/s1. The number of rotatable bonds is 7. The van der Waals surface area contributed by atoms with E-state index in [9.17, 15) is 14.0 Å². The SMILES string of the molecule is CCCCC[C@H](NC(=O)c1cccc(F)n1)C(=O)OCl. The summed E-state index contributed by atoms with van der Waals surface area (Å²) >= 11 is 5.04. The third-order valence-corrected chi connectivity index (χ3v) is 2.86. The molecular weight excluding hydrogens is 287 g/mol. The van der Waals surface area contributed by atoms with Gasteiger partial charge >= 0.3 is 5.97 Å². The van der Waals surface area contributed by atoms with E-state index in [4.69, 9.17) is 11.9 Å². The van der Waals surface area contributed by atoms with Crippen LogP contribution in [-0.4, -0.2) is 22.9 Å². The number of hydrogen-bond donors (Lipinski definition) is 1. The molecule has 0 aliphatic heterocycles. The van der Waals surface area contributed by atoms with Gasteiger partial charge in [-0.1, -0.05) is 32.3 Å². The zero-order valence-corrected chi connectivity index (χ0v) is 11.8. The van der Waals surface area contributed by atoms with Gasteiger partial charge in [-0.05, 0) is 18.6 Å². The Bertz CT molecular complexity index is 471. The van der Waals surface area contributed by atoms with Crippen LogP contribution in [0.3, 0.4) is 0 Å². The average molecular weight is 303 g/mol. The van der Waals surface area contributed by atoms with Crippen LogP contribution in [0.2, 0.25) is 0 Å². The molecule has 0 saturated heterocycles. The van der Waals surface area contributed by atoms with Crippen LogP contribution in [0.1, 0.15) is 43.1 Å². The van der Waals surface area contributed by atoms with Gasteiger partial charge in [0.1, 0.15) is 23.6 Å². The zero-order valence-electron chi connectivity index (χ0n) is 11.1. The second-order valence-corrected chi connectivity index (χ2v) is 4.42. The van der Waals surface area contributed by atoms with Gasteiger partial charge < -0.3 is 9.61 Å². The lowest BCUT2D eigenvalue weighted by Gasteiger charge is -2.14. The highest BCUT2D eigenvalue weighted by Crippen LogP contribution is 2.07. The molecule has 1 heterocycles. The van der Waals surface area contributed by atoms with E-state index < -0.39 is 23.9 Å². The van der Waals surface area contributed by atoms with E-state index in [-0.39, 0.29) is 5.69 Å². The van der Waals surface area contributed by atoms with Gasteiger partial charge in [0.25, 0.3) is 5.91 Å². The number of unbranched alkanes of at least 4 members (excludes halogenated alkanes) is 2. The maximum absolute atomic E-state index is 12.9. The van der Waals surface area contributed by atoms with Crippen molar-refractivity contribution >= 4 is 23.7 Å². The Morgan fingerprint density at radius 3 is 2.80 bits per heavy atom. The summed E-state index contributed by atoms with van der Waals surface area (Å²) in [4.78, 5) is 26.8. The monoisotopic (exact) mass is 302 g/mol. The summed E-state index contributed by atoms with van der Waals surface area (Å²) in [6.07, 6.45) is 3.03. The van der Waals surface area contributed by atoms with Crippen molar-refractivity contribution in [3.05, 3.63) is 29.8 Å². The Morgan fingerprint density at radius 2 is 2.20 bits per heavy atom. The minimum Gasteiger partial charge on any atom is -0.345 e. The third-order valence-electron chi connectivity index (χ3n) is 2.71. The van der Waals surface area contributed by atoms with Crippen molar-refractivity contribution < 1.29 is 18.3 Å². The number of carbonyl (C=O) groups is 2. The second-order valence-electron chi connectivity index (χ2n) is 4.26. The molecule has 0 saturated carbocycles. The summed E-state index contributed by atoms with van der Waals surface area (Å²) in [6, 6.07) is 2.98. The van der Waals surface area contributed by atoms with Crippen molar-refractivity contribution in [3.8, 4) is 0 Å². The Morgan fingerprint density at radius 1 is 1.45 bits per heavy atom. The molecule has 0 unspecified atom stereocenters. The molecule has 20 heavy (non-hydrogen) atoms. The fourth-order valence-corrected chi connectivity index (χ4v) is 1.78. The van der Waals surface area contributed by atoms with Crippen LogP contribution < -0.4 is 5.32 Å². The van der Waals surface area contributed by atoms with Gasteiger partial charge in [0, 0.05) is 0 Å². The van der Waals surface area contributed by atoms with Gasteiger partial charge in [-0.25, -0.2) is 9.78 Å². The Balaban J connectivity index is 2.68. The normalized spacial score (nSPS) is 11.8. The molecule has 1 N–H and O–H groups in total. The molecule has 0 bridgehead atoms. The predicted octanol–water partition coefficient (Wildman–Crippen LogP) is 2.60. The smallest absolute Gasteiger partial charge is 0.345 e. The van der Waals surface area contributed by atoms with Crippen molar-refractivity contribution in [1.29, 1.82) is 0 Å². The summed E-state index contributed by atoms with van der Waals surface area (Å²) in [5, 5.41) is 2.44. The van der Waals surface area contributed by atoms with Crippen molar-refractivity contribution in [2.45, 2.75) is 38.6 Å². The number of aromatic nitrogens is 1. The number of nitrogens with zero attached hydrogens (tertiary/aromatic N) is 1. The van der Waals surface area contributed by atoms with Crippen LogP contribution in [0.4, 0.5) is 4.39 Å². The number of carbonyl (C=O) groups excluding carboxylic acids is 2. The molecule has 1 amide bonds. The summed E-state index contributed by atoms with van der Waals surface area (Å²) in [6.45, 7) is 2.02. The fourth-order valence-electron chi connectivity index (χ4n) is 1.67. The molecule has 5 nitrogen and oxygen atoms in total. The van der Waals surface area contributed by atoms with Gasteiger partial charge in [0.15, 0.2) is 0 Å². The second kappa shape index (κ2) is 8.47. The first kappa shape index (κ1) is 16.4. The van der Waals surface area contributed by atoms with E-state index in [1.807, 2.05) is 6.92 Å². The summed E-state index contributed by atoms with van der Waals surface area (Å²) in [5.41, 5.74) is -0.104. The van der Waals surface area contributed by atoms with Gasteiger partial charge in [-0.15, -0.1) is 0 Å². The molecule has 0 aliphatic rings. The topological polar surface area (TPSA) is 68.3 Å². The van der Waals surface area contributed by atoms with Crippen LogP contribution in [0.5, 0.6) is 0 Å². The first-order valence-corrected chi connectivity index (χ1v) is 6.65. The van der Waals surface area contributed by atoms with Crippen LogP contribution in [-0.2, 0) is 9.08 Å². The van der Waals surface area contributed by atoms with E-state index >= 15 is 0 Å². The molecule has 1 rings (SSSR count). The average Bonchev–Trinajstić information content (AvgIpc) is 2.45. The number of hydrogen-bond acceptors (Lipinski definition) is 4. The highest BCUT2D eigenvalue weighted by atomic mass is 35.5. The predicted molar refractivity (Wildman–Crippen MR) is 71.5 cm³/mol. The van der Waals surface area contributed by atoms with Gasteiger partial charge in [0.2, 0.25) is 5.95 Å². The molecule has 0 fully saturated rings. The number of halogens is 2. The van der Waals surface area contributed by atoms with E-state index in [2.05, 4.69) is 14.6 Å². The maximum Gasteiger partial charge on any atom is 0.346 e. The molecule has 0 aromatic carbocycles. The fraction of sp³-hybridized carbons (Fsp3) is 0.462. The molecular formula is C13H16ClFN2O3. The lowest BCUT2D eigenvalue weighted by atomic mass is 10.1. The lowest BCUT2D eigenvalue weighted by Crippen LogP contribution is -2.41. The molecule has 0 radical (unpaired) electrons. The Hall–Kier alpha value is -1.69. The van der Waals surface area contributed by atoms with Gasteiger partial charge in [0.05, 0.1) is 0 Å². The van der Waals surface area contributed by atoms with E-state index in [1.165, 1.54) is 12.1 Å². The lowest BCUT2D eigenvalue weighted by molar-refractivity contribution is -0.136. The summed E-state index contributed by atoms with van der Waals surface area (Å²) in [5.74, 6) is -2.15. The van der Waals surface area contributed by atoms with Crippen LogP contribution in [0, 0.1) is 5.95 Å². The first-order valence-electron chi connectivity index (χ1n) is 6.34. The minimum atomic E-state index is -0.864. The van der Waals surface area contributed by atoms with Crippen LogP contribution >= 0.6 is 11.9 Å². The third kappa shape index (κ3) is 5.13. The van der Waals surface area contributed by atoms with Gasteiger partial charge in [-0.3, -0.25) is 4.79 Å². The number of amides is 1. The highest BCUT2D eigenvalue weighted by molar-refractivity contribution is 6.14. The molecule has 1 aromatic heterocycles. The molecule has 7 heteroatoms.